The van der Waals surface area contributed by atoms with Gasteiger partial charge in [0, 0.05) is 5.56 Å². The summed E-state index contributed by atoms with van der Waals surface area (Å²) in [6.45, 7) is 4.19. The van der Waals surface area contributed by atoms with Gasteiger partial charge in [0.05, 0.1) is 7.11 Å². The fraction of sp³-hybridized carbons (Fsp3) is 0.438. The maximum absolute atomic E-state index is 12.4. The van der Waals surface area contributed by atoms with Crippen molar-refractivity contribution in [3.8, 4) is 5.75 Å². The van der Waals surface area contributed by atoms with Gasteiger partial charge in [-0.05, 0) is 61.4 Å². The van der Waals surface area contributed by atoms with Gasteiger partial charge in [-0.15, -0.1) is 0 Å². The van der Waals surface area contributed by atoms with Crippen molar-refractivity contribution in [2.75, 3.05) is 7.11 Å². The summed E-state index contributed by atoms with van der Waals surface area (Å²) in [6, 6.07) is 5.64. The topological polar surface area (TPSA) is 26.3 Å². The summed E-state index contributed by atoms with van der Waals surface area (Å²) < 4.78 is 5.16. The molecule has 1 aliphatic carbocycles. The number of hydrogen-bond acceptors (Lipinski definition) is 2. The summed E-state index contributed by atoms with van der Waals surface area (Å²) in [6.07, 6.45) is 5.16. The lowest BCUT2D eigenvalue weighted by atomic mass is 9.86. The molecule has 1 atom stereocenters. The highest BCUT2D eigenvalue weighted by Gasteiger charge is 2.18. The number of rotatable bonds is 3. The molecule has 0 amide bonds. The Hall–Kier alpha value is -1.57. The maximum Gasteiger partial charge on any atom is 0.188 e. The summed E-state index contributed by atoms with van der Waals surface area (Å²) in [5.74, 6) is 1.69. The molecule has 2 rings (SSSR count). The van der Waals surface area contributed by atoms with Crippen molar-refractivity contribution in [2.24, 2.45) is 5.92 Å². The molecule has 0 fully saturated rings. The number of hydrogen-bond donors (Lipinski definition) is 0. The van der Waals surface area contributed by atoms with Crippen LogP contribution in [0.5, 0.6) is 5.75 Å². The summed E-state index contributed by atoms with van der Waals surface area (Å²) >= 11 is 0. The molecule has 0 spiro atoms. The van der Waals surface area contributed by atoms with Gasteiger partial charge in [-0.3, -0.25) is 4.79 Å². The van der Waals surface area contributed by atoms with Gasteiger partial charge in [-0.25, -0.2) is 0 Å². The van der Waals surface area contributed by atoms with Crippen LogP contribution in [0.3, 0.4) is 0 Å². The van der Waals surface area contributed by atoms with E-state index in [0.29, 0.717) is 5.92 Å². The van der Waals surface area contributed by atoms with Gasteiger partial charge >= 0.3 is 0 Å². The molecule has 2 heteroatoms. The minimum atomic E-state index is 0.182. The molecule has 1 aromatic carbocycles. The molecule has 1 unspecified atom stereocenters. The molecule has 1 aromatic rings. The minimum Gasteiger partial charge on any atom is -0.497 e. The predicted molar refractivity (Wildman–Crippen MR) is 73.2 cm³/mol. The van der Waals surface area contributed by atoms with Crippen LogP contribution in [0.1, 0.15) is 42.1 Å². The summed E-state index contributed by atoms with van der Waals surface area (Å²) in [5, 5.41) is 0. The largest absolute Gasteiger partial charge is 0.497 e. The van der Waals surface area contributed by atoms with Gasteiger partial charge in [0.1, 0.15) is 5.75 Å². The molecule has 0 saturated carbocycles. The lowest BCUT2D eigenvalue weighted by Gasteiger charge is -2.18. The van der Waals surface area contributed by atoms with E-state index in [1.54, 1.807) is 7.11 Å². The van der Waals surface area contributed by atoms with Gasteiger partial charge in [-0.2, -0.15) is 0 Å². The van der Waals surface area contributed by atoms with Gasteiger partial charge in [-0.1, -0.05) is 13.0 Å². The SMILES string of the molecule is COc1ccc(C(=O)C2=CCC(C)CC2)c(C)c1. The van der Waals surface area contributed by atoms with Crippen LogP contribution >= 0.6 is 0 Å². The van der Waals surface area contributed by atoms with Crippen molar-refractivity contribution in [1.29, 1.82) is 0 Å². The van der Waals surface area contributed by atoms with E-state index in [9.17, 15) is 4.79 Å². The van der Waals surface area contributed by atoms with Crippen LogP contribution in [-0.2, 0) is 0 Å². The summed E-state index contributed by atoms with van der Waals surface area (Å²) in [5.41, 5.74) is 2.76. The van der Waals surface area contributed by atoms with Crippen LogP contribution in [0.25, 0.3) is 0 Å². The Morgan fingerprint density at radius 3 is 2.72 bits per heavy atom. The molecule has 0 bridgehead atoms. The predicted octanol–water partition coefficient (Wildman–Crippen LogP) is 3.93. The molecule has 0 aliphatic heterocycles. The van der Waals surface area contributed by atoms with Crippen LogP contribution in [0.15, 0.2) is 29.8 Å². The number of methoxy groups -OCH3 is 1. The fourth-order valence-corrected chi connectivity index (χ4v) is 2.36. The number of ketones is 1. The van der Waals surface area contributed by atoms with E-state index < -0.39 is 0 Å². The van der Waals surface area contributed by atoms with Gasteiger partial charge in [0.15, 0.2) is 5.78 Å². The number of carbonyl (C=O) groups is 1. The first-order valence-corrected chi connectivity index (χ1v) is 6.50. The zero-order chi connectivity index (χ0) is 13.1. The zero-order valence-electron chi connectivity index (χ0n) is 11.3. The number of benzene rings is 1. The number of Topliss-reactive ketones (excluding diaryl/α,β-unsaturated/α-hetero) is 1. The second-order valence-electron chi connectivity index (χ2n) is 5.12. The highest BCUT2D eigenvalue weighted by Crippen LogP contribution is 2.27. The summed E-state index contributed by atoms with van der Waals surface area (Å²) in [4.78, 5) is 12.4. The molecule has 0 radical (unpaired) electrons. The van der Waals surface area contributed by atoms with Gasteiger partial charge in [0.2, 0.25) is 0 Å². The molecule has 0 heterocycles. The zero-order valence-corrected chi connectivity index (χ0v) is 11.3. The number of aryl methyl sites for hydroxylation is 1. The number of carbonyl (C=O) groups excluding carboxylic acids is 1. The van der Waals surface area contributed by atoms with E-state index in [-0.39, 0.29) is 5.78 Å². The Kier molecular flexibility index (Phi) is 3.85. The Morgan fingerprint density at radius 1 is 1.39 bits per heavy atom. The monoisotopic (exact) mass is 244 g/mol. The van der Waals surface area contributed by atoms with Crippen LogP contribution < -0.4 is 4.74 Å². The average molecular weight is 244 g/mol. The van der Waals surface area contributed by atoms with E-state index >= 15 is 0 Å². The van der Waals surface area contributed by atoms with Gasteiger partial charge < -0.3 is 4.74 Å². The van der Waals surface area contributed by atoms with E-state index in [1.165, 1.54) is 0 Å². The lowest BCUT2D eigenvalue weighted by molar-refractivity contribution is 0.102. The molecule has 1 aliphatic rings. The molecule has 96 valence electrons. The lowest BCUT2D eigenvalue weighted by Crippen LogP contribution is -2.11. The number of allylic oxidation sites excluding steroid dienone is 2. The number of ether oxygens (including phenoxy) is 1. The Bertz CT molecular complexity index is 486. The van der Waals surface area contributed by atoms with Crippen molar-refractivity contribution >= 4 is 5.78 Å². The van der Waals surface area contributed by atoms with E-state index in [1.807, 2.05) is 25.1 Å². The second-order valence-corrected chi connectivity index (χ2v) is 5.12. The molecule has 18 heavy (non-hydrogen) atoms. The smallest absolute Gasteiger partial charge is 0.188 e. The second kappa shape index (κ2) is 5.38. The van der Waals surface area contributed by atoms with Crippen LogP contribution in [0.4, 0.5) is 0 Å². The van der Waals surface area contributed by atoms with Crippen LogP contribution in [-0.4, -0.2) is 12.9 Å². The van der Waals surface area contributed by atoms with Crippen LogP contribution in [0, 0.1) is 12.8 Å². The highest BCUT2D eigenvalue weighted by molar-refractivity contribution is 6.09. The third-order valence-electron chi connectivity index (χ3n) is 3.64. The Labute approximate surface area is 109 Å². The Balaban J connectivity index is 2.24. The highest BCUT2D eigenvalue weighted by atomic mass is 16.5. The van der Waals surface area contributed by atoms with Crippen molar-refractivity contribution in [1.82, 2.24) is 0 Å². The van der Waals surface area contributed by atoms with Crippen LogP contribution in [0.2, 0.25) is 0 Å². The van der Waals surface area contributed by atoms with E-state index in [0.717, 1.165) is 41.7 Å². The fourth-order valence-electron chi connectivity index (χ4n) is 2.36. The maximum atomic E-state index is 12.4. The van der Waals surface area contributed by atoms with Gasteiger partial charge in [0.25, 0.3) is 0 Å². The normalized spacial score (nSPS) is 19.3. The standard InChI is InChI=1S/C16H20O2/c1-11-4-6-13(7-5-11)16(17)15-9-8-14(18-3)10-12(15)2/h6,8-11H,4-5,7H2,1-3H3. The first kappa shape index (κ1) is 12.9. The van der Waals surface area contributed by atoms with E-state index in [4.69, 9.17) is 4.74 Å². The minimum absolute atomic E-state index is 0.182. The molecule has 0 saturated heterocycles. The molecule has 0 N–H and O–H groups in total. The molecular weight excluding hydrogens is 224 g/mol. The van der Waals surface area contributed by atoms with Crippen molar-refractivity contribution < 1.29 is 9.53 Å². The Morgan fingerprint density at radius 2 is 2.17 bits per heavy atom. The first-order chi connectivity index (χ1) is 8.61. The van der Waals surface area contributed by atoms with Crippen molar-refractivity contribution in [3.05, 3.63) is 41.0 Å². The van der Waals surface area contributed by atoms with Crippen molar-refractivity contribution in [3.63, 3.8) is 0 Å². The average Bonchev–Trinajstić information content (AvgIpc) is 2.38. The third-order valence-corrected chi connectivity index (χ3v) is 3.64. The quantitative estimate of drug-likeness (QED) is 0.753. The first-order valence-electron chi connectivity index (χ1n) is 6.50. The third kappa shape index (κ3) is 2.63. The molecule has 2 nitrogen and oxygen atoms in total. The van der Waals surface area contributed by atoms with Crippen molar-refractivity contribution in [2.45, 2.75) is 33.1 Å². The molecular formula is C16H20O2. The molecule has 0 aromatic heterocycles. The van der Waals surface area contributed by atoms with E-state index in [2.05, 4.69) is 13.0 Å². The summed E-state index contributed by atoms with van der Waals surface area (Å²) in [7, 11) is 1.64.